The normalized spacial score (nSPS) is 25.9. The minimum atomic E-state index is -0.296. The fourth-order valence-electron chi connectivity index (χ4n) is 2.62. The number of amides is 3. The number of hydrogen-bond donors (Lipinski definition) is 2. The van der Waals surface area contributed by atoms with E-state index in [1.807, 2.05) is 4.90 Å². The van der Waals surface area contributed by atoms with E-state index >= 15 is 0 Å². The third-order valence-electron chi connectivity index (χ3n) is 3.71. The Morgan fingerprint density at radius 1 is 1.33 bits per heavy atom. The van der Waals surface area contributed by atoms with E-state index in [-0.39, 0.29) is 31.1 Å². The molecule has 2 heterocycles. The molecule has 0 spiro atoms. The number of likely N-dealkylation sites (tertiary alicyclic amines) is 1. The van der Waals surface area contributed by atoms with Gasteiger partial charge in [-0.25, -0.2) is 4.79 Å². The highest BCUT2D eigenvalue weighted by Crippen LogP contribution is 2.16. The molecule has 2 rings (SSSR count). The van der Waals surface area contributed by atoms with Crippen LogP contribution >= 0.6 is 0 Å². The molecule has 2 saturated heterocycles. The zero-order chi connectivity index (χ0) is 13.0. The summed E-state index contributed by atoms with van der Waals surface area (Å²) < 4.78 is 0. The van der Waals surface area contributed by atoms with Crippen molar-refractivity contribution in [3.8, 4) is 0 Å². The van der Waals surface area contributed by atoms with Gasteiger partial charge in [-0.2, -0.15) is 0 Å². The van der Waals surface area contributed by atoms with Crippen molar-refractivity contribution in [2.24, 2.45) is 0 Å². The molecule has 2 fully saturated rings. The molecule has 0 saturated carbocycles. The Morgan fingerprint density at radius 3 is 2.83 bits per heavy atom. The van der Waals surface area contributed by atoms with Crippen LogP contribution in [0.3, 0.4) is 0 Å². The summed E-state index contributed by atoms with van der Waals surface area (Å²) in [5.74, 6) is -0.162. The predicted octanol–water partition coefficient (Wildman–Crippen LogP) is -0.225. The summed E-state index contributed by atoms with van der Waals surface area (Å²) in [5.41, 5.74) is 0. The summed E-state index contributed by atoms with van der Waals surface area (Å²) in [5, 5.41) is 12.0. The maximum atomic E-state index is 12.0. The van der Waals surface area contributed by atoms with Crippen LogP contribution in [0.5, 0.6) is 0 Å². The second kappa shape index (κ2) is 6.15. The number of aliphatic hydroxyl groups is 1. The van der Waals surface area contributed by atoms with Crippen LogP contribution in [-0.4, -0.2) is 65.7 Å². The highest BCUT2D eigenvalue weighted by atomic mass is 16.3. The second-order valence-corrected chi connectivity index (χ2v) is 4.93. The van der Waals surface area contributed by atoms with Crippen molar-refractivity contribution >= 4 is 11.9 Å². The number of carbonyl (C=O) groups is 2. The highest BCUT2D eigenvalue weighted by Gasteiger charge is 2.29. The lowest BCUT2D eigenvalue weighted by Crippen LogP contribution is -2.46. The van der Waals surface area contributed by atoms with Crippen LogP contribution in [0.2, 0.25) is 0 Å². The molecule has 1 unspecified atom stereocenters. The van der Waals surface area contributed by atoms with Crippen molar-refractivity contribution in [1.82, 2.24) is 15.1 Å². The minimum absolute atomic E-state index is 0.0575. The molecular formula is C12H21N3O3. The highest BCUT2D eigenvalue weighted by molar-refractivity contribution is 5.96. The first-order valence-corrected chi connectivity index (χ1v) is 6.65. The largest absolute Gasteiger partial charge is 0.395 e. The van der Waals surface area contributed by atoms with E-state index in [4.69, 9.17) is 0 Å². The summed E-state index contributed by atoms with van der Waals surface area (Å²) >= 11 is 0. The first-order chi connectivity index (χ1) is 8.72. The fraction of sp³-hybridized carbons (Fsp3) is 0.833. The molecule has 6 heteroatoms. The number of nitrogens with zero attached hydrogens (tertiary/aromatic N) is 2. The molecule has 3 amide bonds. The number of urea groups is 1. The summed E-state index contributed by atoms with van der Waals surface area (Å²) in [6.07, 6.45) is 4.22. The number of imide groups is 1. The van der Waals surface area contributed by atoms with Crippen molar-refractivity contribution in [1.29, 1.82) is 0 Å². The van der Waals surface area contributed by atoms with Crippen molar-refractivity contribution < 1.29 is 14.7 Å². The molecule has 0 aromatic carbocycles. The maximum Gasteiger partial charge on any atom is 0.324 e. The summed E-state index contributed by atoms with van der Waals surface area (Å²) in [6.45, 7) is 2.13. The molecule has 6 nitrogen and oxygen atoms in total. The van der Waals surface area contributed by atoms with Crippen LogP contribution < -0.4 is 5.32 Å². The van der Waals surface area contributed by atoms with E-state index in [1.54, 1.807) is 0 Å². The van der Waals surface area contributed by atoms with Crippen LogP contribution in [0.1, 0.15) is 25.7 Å². The van der Waals surface area contributed by atoms with Gasteiger partial charge in [0.05, 0.1) is 13.2 Å². The van der Waals surface area contributed by atoms with Gasteiger partial charge in [0.2, 0.25) is 5.91 Å². The van der Waals surface area contributed by atoms with Crippen molar-refractivity contribution in [3.63, 3.8) is 0 Å². The summed E-state index contributed by atoms with van der Waals surface area (Å²) in [7, 11) is 0. The van der Waals surface area contributed by atoms with Crippen molar-refractivity contribution in [2.45, 2.75) is 31.7 Å². The molecule has 1 atom stereocenters. The Balaban J connectivity index is 1.93. The molecule has 2 N–H and O–H groups in total. The molecule has 102 valence electrons. The lowest BCUT2D eigenvalue weighted by molar-refractivity contribution is -0.129. The quantitative estimate of drug-likeness (QED) is 0.731. The van der Waals surface area contributed by atoms with Gasteiger partial charge < -0.3 is 10.4 Å². The van der Waals surface area contributed by atoms with Crippen LogP contribution in [0.4, 0.5) is 4.79 Å². The van der Waals surface area contributed by atoms with Gasteiger partial charge in [-0.3, -0.25) is 14.6 Å². The first kappa shape index (κ1) is 13.3. The number of carbonyl (C=O) groups excluding carboxylic acids is 2. The van der Waals surface area contributed by atoms with Crippen molar-refractivity contribution in [2.75, 3.05) is 32.8 Å². The van der Waals surface area contributed by atoms with Gasteiger partial charge in [0.25, 0.3) is 0 Å². The smallest absolute Gasteiger partial charge is 0.324 e. The number of rotatable bonds is 3. The maximum absolute atomic E-state index is 12.0. The first-order valence-electron chi connectivity index (χ1n) is 6.65. The van der Waals surface area contributed by atoms with Gasteiger partial charge in [0.15, 0.2) is 0 Å². The standard InChI is InChI=1S/C12H21N3O3/c16-9-10-4-2-1-3-6-14(10)8-11(17)15-7-5-13-12(15)18/h10,16H,1-9H2,(H,13,18). The van der Waals surface area contributed by atoms with Gasteiger partial charge in [-0.15, -0.1) is 0 Å². The van der Waals surface area contributed by atoms with Gasteiger partial charge in [0, 0.05) is 19.1 Å². The van der Waals surface area contributed by atoms with Crippen LogP contribution in [-0.2, 0) is 4.79 Å². The van der Waals surface area contributed by atoms with Crippen LogP contribution in [0.15, 0.2) is 0 Å². The second-order valence-electron chi connectivity index (χ2n) is 4.93. The Kier molecular flexibility index (Phi) is 4.54. The predicted molar refractivity (Wildman–Crippen MR) is 66.0 cm³/mol. The zero-order valence-corrected chi connectivity index (χ0v) is 10.6. The molecule has 0 aromatic heterocycles. The molecule has 2 aliphatic heterocycles. The average Bonchev–Trinajstić information content (AvgIpc) is 2.66. The van der Waals surface area contributed by atoms with Crippen LogP contribution in [0.25, 0.3) is 0 Å². The molecule has 0 radical (unpaired) electrons. The van der Waals surface area contributed by atoms with Gasteiger partial charge in [-0.05, 0) is 19.4 Å². The van der Waals surface area contributed by atoms with Crippen LogP contribution in [0, 0.1) is 0 Å². The SMILES string of the molecule is O=C(CN1CCCCCC1CO)N1CCNC1=O. The molecular weight excluding hydrogens is 234 g/mol. The van der Waals surface area contributed by atoms with E-state index in [1.165, 1.54) is 4.90 Å². The lowest BCUT2D eigenvalue weighted by Gasteiger charge is -2.28. The Morgan fingerprint density at radius 2 is 2.17 bits per heavy atom. The van der Waals surface area contributed by atoms with Gasteiger partial charge in [-0.1, -0.05) is 12.8 Å². The molecule has 0 aliphatic carbocycles. The number of aliphatic hydroxyl groups excluding tert-OH is 1. The third-order valence-corrected chi connectivity index (χ3v) is 3.71. The van der Waals surface area contributed by atoms with E-state index in [0.29, 0.717) is 13.1 Å². The molecule has 0 bridgehead atoms. The Labute approximate surface area is 107 Å². The number of hydrogen-bond acceptors (Lipinski definition) is 4. The molecule has 2 aliphatic rings. The van der Waals surface area contributed by atoms with E-state index in [2.05, 4.69) is 5.32 Å². The van der Waals surface area contributed by atoms with E-state index in [0.717, 1.165) is 32.2 Å². The average molecular weight is 255 g/mol. The topological polar surface area (TPSA) is 72.9 Å². The monoisotopic (exact) mass is 255 g/mol. The van der Waals surface area contributed by atoms with E-state index < -0.39 is 0 Å². The molecule has 18 heavy (non-hydrogen) atoms. The third kappa shape index (κ3) is 3.00. The minimum Gasteiger partial charge on any atom is -0.395 e. The fourth-order valence-corrected chi connectivity index (χ4v) is 2.62. The number of nitrogens with one attached hydrogen (secondary N) is 1. The summed E-state index contributed by atoms with van der Waals surface area (Å²) in [4.78, 5) is 26.7. The Hall–Kier alpha value is -1.14. The zero-order valence-electron chi connectivity index (χ0n) is 10.6. The lowest BCUT2D eigenvalue weighted by atomic mass is 10.1. The van der Waals surface area contributed by atoms with Gasteiger partial charge in [0.1, 0.15) is 0 Å². The van der Waals surface area contributed by atoms with Crippen molar-refractivity contribution in [3.05, 3.63) is 0 Å². The van der Waals surface area contributed by atoms with E-state index in [9.17, 15) is 14.7 Å². The van der Waals surface area contributed by atoms with Gasteiger partial charge >= 0.3 is 6.03 Å². The summed E-state index contributed by atoms with van der Waals surface area (Å²) in [6, 6.07) is -0.238. The Bertz CT molecular complexity index is 322. The molecule has 0 aromatic rings.